The van der Waals surface area contributed by atoms with E-state index in [4.69, 9.17) is 4.74 Å². The van der Waals surface area contributed by atoms with Crippen LogP contribution in [0.15, 0.2) is 11.8 Å². The largest absolute Gasteiger partial charge is 0.494 e. The molecule has 0 spiro atoms. The Morgan fingerprint density at radius 3 is 2.85 bits per heavy atom. The first-order chi connectivity index (χ1) is 6.07. The van der Waals surface area contributed by atoms with E-state index in [1.807, 2.05) is 6.92 Å². The quantitative estimate of drug-likeness (QED) is 0.703. The maximum absolute atomic E-state index is 11.5. The summed E-state index contributed by atoms with van der Waals surface area (Å²) >= 11 is 0. The fraction of sp³-hybridized carbons (Fsp3) is 0.700. The molecule has 1 heterocycles. The Kier molecular flexibility index (Phi) is 3.09. The monoisotopic (exact) mass is 184 g/mol. The van der Waals surface area contributed by atoms with Gasteiger partial charge in [0.2, 0.25) is 0 Å². The number of aliphatic hydroxyl groups is 1. The van der Waals surface area contributed by atoms with Crippen molar-refractivity contribution >= 4 is 5.78 Å². The topological polar surface area (TPSA) is 46.5 Å². The van der Waals surface area contributed by atoms with Crippen LogP contribution in [0.3, 0.4) is 0 Å². The minimum absolute atomic E-state index is 0.0729. The number of carbonyl (C=O) groups is 1. The van der Waals surface area contributed by atoms with Crippen LogP contribution in [0.25, 0.3) is 0 Å². The van der Waals surface area contributed by atoms with Crippen LogP contribution in [0, 0.1) is 5.92 Å². The second-order valence-electron chi connectivity index (χ2n) is 3.53. The van der Waals surface area contributed by atoms with Crippen molar-refractivity contribution in [3.63, 3.8) is 0 Å². The third kappa shape index (κ3) is 1.91. The maximum Gasteiger partial charge on any atom is 0.168 e. The molecule has 3 atom stereocenters. The summed E-state index contributed by atoms with van der Waals surface area (Å²) in [5, 5.41) is 9.55. The van der Waals surface area contributed by atoms with Gasteiger partial charge in [-0.15, -0.1) is 0 Å². The first kappa shape index (κ1) is 10.3. The van der Waals surface area contributed by atoms with Gasteiger partial charge in [-0.05, 0) is 13.3 Å². The van der Waals surface area contributed by atoms with Crippen LogP contribution in [0.1, 0.15) is 27.2 Å². The van der Waals surface area contributed by atoms with E-state index < -0.39 is 6.10 Å². The van der Waals surface area contributed by atoms with Gasteiger partial charge in [-0.3, -0.25) is 4.79 Å². The van der Waals surface area contributed by atoms with Gasteiger partial charge in [0, 0.05) is 5.57 Å². The molecule has 74 valence electrons. The predicted octanol–water partition coefficient (Wildman–Crippen LogP) is 1.27. The standard InChI is InChI=1S/C10H16O3/c1-4-8(11)10-7(3)9(12)6(2)5-13-10/h5,7-8,10-11H,4H2,1-3H3/t7-,8-,10-/m0/s1. The van der Waals surface area contributed by atoms with Gasteiger partial charge in [-0.2, -0.15) is 0 Å². The molecular formula is C10H16O3. The Bertz CT molecular complexity index is 232. The number of hydrogen-bond acceptors (Lipinski definition) is 3. The molecule has 1 aliphatic heterocycles. The molecular weight excluding hydrogens is 168 g/mol. The molecule has 3 nitrogen and oxygen atoms in total. The number of aliphatic hydroxyl groups excluding tert-OH is 1. The van der Waals surface area contributed by atoms with Crippen LogP contribution in [0.4, 0.5) is 0 Å². The second kappa shape index (κ2) is 3.92. The molecule has 1 N–H and O–H groups in total. The van der Waals surface area contributed by atoms with Crippen molar-refractivity contribution in [2.24, 2.45) is 5.92 Å². The lowest BCUT2D eigenvalue weighted by Gasteiger charge is -2.30. The van der Waals surface area contributed by atoms with Gasteiger partial charge in [-0.1, -0.05) is 13.8 Å². The molecule has 0 aromatic rings. The summed E-state index contributed by atoms with van der Waals surface area (Å²) in [5.41, 5.74) is 0.632. The highest BCUT2D eigenvalue weighted by Gasteiger charge is 2.33. The van der Waals surface area contributed by atoms with E-state index >= 15 is 0 Å². The van der Waals surface area contributed by atoms with Crippen LogP contribution in [0.5, 0.6) is 0 Å². The molecule has 0 radical (unpaired) electrons. The summed E-state index contributed by atoms with van der Waals surface area (Å²) in [6.45, 7) is 5.40. The summed E-state index contributed by atoms with van der Waals surface area (Å²) in [6, 6.07) is 0. The molecule has 0 bridgehead atoms. The Hall–Kier alpha value is -0.830. The minimum atomic E-state index is -0.553. The Labute approximate surface area is 78.4 Å². The molecule has 0 saturated heterocycles. The predicted molar refractivity (Wildman–Crippen MR) is 49.1 cm³/mol. The molecule has 0 aromatic heterocycles. The molecule has 1 aliphatic rings. The number of carbonyl (C=O) groups excluding carboxylic acids is 1. The SMILES string of the molecule is CC[C@H](O)[C@H]1OC=C(C)C(=O)[C@@H]1C. The van der Waals surface area contributed by atoms with Crippen LogP contribution in [-0.2, 0) is 9.53 Å². The molecule has 0 amide bonds. The summed E-state index contributed by atoms with van der Waals surface area (Å²) in [5.74, 6) is -0.163. The van der Waals surface area contributed by atoms with E-state index in [2.05, 4.69) is 0 Å². The third-order valence-electron chi connectivity index (χ3n) is 2.49. The van der Waals surface area contributed by atoms with E-state index in [1.54, 1.807) is 13.8 Å². The van der Waals surface area contributed by atoms with Gasteiger partial charge in [-0.25, -0.2) is 0 Å². The van der Waals surface area contributed by atoms with Gasteiger partial charge in [0.05, 0.1) is 18.3 Å². The first-order valence-electron chi connectivity index (χ1n) is 4.62. The van der Waals surface area contributed by atoms with E-state index in [-0.39, 0.29) is 17.8 Å². The van der Waals surface area contributed by atoms with Gasteiger partial charge in [0.1, 0.15) is 6.10 Å². The molecule has 0 saturated carbocycles. The Balaban J connectivity index is 2.76. The highest BCUT2D eigenvalue weighted by atomic mass is 16.5. The highest BCUT2D eigenvalue weighted by molar-refractivity contribution is 5.97. The zero-order valence-corrected chi connectivity index (χ0v) is 8.28. The van der Waals surface area contributed by atoms with E-state index in [9.17, 15) is 9.90 Å². The summed E-state index contributed by atoms with van der Waals surface area (Å²) < 4.78 is 5.29. The minimum Gasteiger partial charge on any atom is -0.494 e. The molecule has 3 heteroatoms. The van der Waals surface area contributed by atoms with Crippen molar-refractivity contribution in [2.75, 3.05) is 0 Å². The molecule has 0 aromatic carbocycles. The van der Waals surface area contributed by atoms with E-state index in [0.29, 0.717) is 12.0 Å². The number of rotatable bonds is 2. The fourth-order valence-electron chi connectivity index (χ4n) is 1.52. The third-order valence-corrected chi connectivity index (χ3v) is 2.49. The first-order valence-corrected chi connectivity index (χ1v) is 4.62. The van der Waals surface area contributed by atoms with E-state index in [0.717, 1.165) is 0 Å². The number of ketones is 1. The number of allylic oxidation sites excluding steroid dienone is 1. The number of hydrogen-bond donors (Lipinski definition) is 1. The normalized spacial score (nSPS) is 30.8. The van der Waals surface area contributed by atoms with Crippen molar-refractivity contribution in [2.45, 2.75) is 39.4 Å². The van der Waals surface area contributed by atoms with Crippen LogP contribution in [0.2, 0.25) is 0 Å². The average Bonchev–Trinajstić information content (AvgIpc) is 2.13. The maximum atomic E-state index is 11.5. The lowest BCUT2D eigenvalue weighted by atomic mass is 9.89. The van der Waals surface area contributed by atoms with Gasteiger partial charge >= 0.3 is 0 Å². The van der Waals surface area contributed by atoms with Crippen molar-refractivity contribution in [1.82, 2.24) is 0 Å². The van der Waals surface area contributed by atoms with E-state index in [1.165, 1.54) is 6.26 Å². The molecule has 1 rings (SSSR count). The van der Waals surface area contributed by atoms with Crippen LogP contribution >= 0.6 is 0 Å². The lowest BCUT2D eigenvalue weighted by Crippen LogP contribution is -2.40. The number of ether oxygens (including phenoxy) is 1. The van der Waals surface area contributed by atoms with Gasteiger partial charge in [0.15, 0.2) is 5.78 Å². The van der Waals surface area contributed by atoms with Crippen LogP contribution in [-0.4, -0.2) is 23.1 Å². The van der Waals surface area contributed by atoms with Crippen molar-refractivity contribution in [1.29, 1.82) is 0 Å². The summed E-state index contributed by atoms with van der Waals surface area (Å²) in [4.78, 5) is 11.5. The molecule has 0 aliphatic carbocycles. The molecule has 13 heavy (non-hydrogen) atoms. The van der Waals surface area contributed by atoms with Crippen molar-refractivity contribution in [3.05, 3.63) is 11.8 Å². The van der Waals surface area contributed by atoms with Crippen molar-refractivity contribution in [3.8, 4) is 0 Å². The van der Waals surface area contributed by atoms with Crippen molar-refractivity contribution < 1.29 is 14.6 Å². The zero-order chi connectivity index (χ0) is 10.0. The lowest BCUT2D eigenvalue weighted by molar-refractivity contribution is -0.128. The molecule has 0 unspecified atom stereocenters. The van der Waals surface area contributed by atoms with Gasteiger partial charge in [0.25, 0.3) is 0 Å². The Morgan fingerprint density at radius 2 is 2.31 bits per heavy atom. The summed E-state index contributed by atoms with van der Waals surface area (Å²) in [7, 11) is 0. The highest BCUT2D eigenvalue weighted by Crippen LogP contribution is 2.23. The summed E-state index contributed by atoms with van der Waals surface area (Å²) in [6.07, 6.45) is 1.13. The smallest absolute Gasteiger partial charge is 0.168 e. The molecule has 0 fully saturated rings. The Morgan fingerprint density at radius 1 is 1.69 bits per heavy atom. The van der Waals surface area contributed by atoms with Crippen LogP contribution < -0.4 is 0 Å². The number of Topliss-reactive ketones (excluding diaryl/α,β-unsaturated/α-hetero) is 1. The average molecular weight is 184 g/mol. The second-order valence-corrected chi connectivity index (χ2v) is 3.53. The van der Waals surface area contributed by atoms with Gasteiger partial charge < -0.3 is 9.84 Å². The fourth-order valence-corrected chi connectivity index (χ4v) is 1.52. The zero-order valence-electron chi connectivity index (χ0n) is 8.28.